The molecule has 1 fully saturated rings. The molecule has 3 nitrogen and oxygen atoms in total. The van der Waals surface area contributed by atoms with Crippen LogP contribution in [0.3, 0.4) is 0 Å². The van der Waals surface area contributed by atoms with Crippen LogP contribution in [0.15, 0.2) is 0 Å². The van der Waals surface area contributed by atoms with Gasteiger partial charge in [-0.3, -0.25) is 4.90 Å². The number of hydrogen-bond donors (Lipinski definition) is 2. The number of piperazine rings is 1. The van der Waals surface area contributed by atoms with Gasteiger partial charge in [0.25, 0.3) is 0 Å². The van der Waals surface area contributed by atoms with E-state index in [-0.39, 0.29) is 6.61 Å². The van der Waals surface area contributed by atoms with Crippen LogP contribution in [0.25, 0.3) is 0 Å². The number of β-amino-alcohol motifs (C(OH)–C–C–N with tert-alkyl or cyclic N) is 1. The molecule has 1 unspecified atom stereocenters. The van der Waals surface area contributed by atoms with Gasteiger partial charge >= 0.3 is 0 Å². The molecule has 12 heavy (non-hydrogen) atoms. The molecule has 3 heteroatoms. The minimum atomic E-state index is 0.281. The number of nitrogens with one attached hydrogen (secondary N) is 1. The van der Waals surface area contributed by atoms with E-state index < -0.39 is 0 Å². The molecule has 0 aromatic heterocycles. The maximum atomic E-state index is 8.86. The van der Waals surface area contributed by atoms with Gasteiger partial charge in [-0.2, -0.15) is 0 Å². The van der Waals surface area contributed by atoms with Crippen molar-refractivity contribution in [2.75, 3.05) is 32.8 Å². The first-order valence-corrected chi connectivity index (χ1v) is 4.81. The van der Waals surface area contributed by atoms with Crippen LogP contribution < -0.4 is 5.32 Å². The zero-order chi connectivity index (χ0) is 8.97. The molecule has 0 aliphatic carbocycles. The molecule has 0 bridgehead atoms. The van der Waals surface area contributed by atoms with Crippen molar-refractivity contribution in [2.45, 2.75) is 19.9 Å². The number of aliphatic hydroxyl groups excluding tert-OH is 1. The molecule has 0 aromatic carbocycles. The Hall–Kier alpha value is -0.120. The summed E-state index contributed by atoms with van der Waals surface area (Å²) in [5, 5.41) is 12.2. The molecule has 2 N–H and O–H groups in total. The molecule has 72 valence electrons. The second-order valence-electron chi connectivity index (χ2n) is 3.78. The van der Waals surface area contributed by atoms with E-state index in [2.05, 4.69) is 24.1 Å². The lowest BCUT2D eigenvalue weighted by Gasteiger charge is -2.38. The third-order valence-electron chi connectivity index (χ3n) is 2.56. The fourth-order valence-corrected chi connectivity index (χ4v) is 1.83. The summed E-state index contributed by atoms with van der Waals surface area (Å²) in [6.07, 6.45) is 0. The normalized spacial score (nSPS) is 26.5. The topological polar surface area (TPSA) is 35.5 Å². The average Bonchev–Trinajstić information content (AvgIpc) is 2.05. The lowest BCUT2D eigenvalue weighted by Crippen LogP contribution is -2.54. The van der Waals surface area contributed by atoms with Gasteiger partial charge in [0.2, 0.25) is 0 Å². The van der Waals surface area contributed by atoms with Crippen molar-refractivity contribution in [2.24, 2.45) is 5.92 Å². The summed E-state index contributed by atoms with van der Waals surface area (Å²) in [4.78, 5) is 2.38. The Morgan fingerprint density at radius 2 is 2.33 bits per heavy atom. The summed E-state index contributed by atoms with van der Waals surface area (Å²) in [5.41, 5.74) is 0. The quantitative estimate of drug-likeness (QED) is 0.624. The fraction of sp³-hybridized carbons (Fsp3) is 1.00. The van der Waals surface area contributed by atoms with Crippen molar-refractivity contribution in [1.29, 1.82) is 0 Å². The average molecular weight is 172 g/mol. The van der Waals surface area contributed by atoms with Crippen molar-refractivity contribution < 1.29 is 5.11 Å². The Balaban J connectivity index is 2.42. The zero-order valence-electron chi connectivity index (χ0n) is 8.08. The largest absolute Gasteiger partial charge is 0.395 e. The van der Waals surface area contributed by atoms with E-state index in [1.807, 2.05) is 0 Å². The van der Waals surface area contributed by atoms with Crippen molar-refractivity contribution >= 4 is 0 Å². The lowest BCUT2D eigenvalue weighted by molar-refractivity contribution is 0.0996. The van der Waals surface area contributed by atoms with E-state index in [0.29, 0.717) is 12.0 Å². The van der Waals surface area contributed by atoms with E-state index in [9.17, 15) is 0 Å². The predicted molar refractivity (Wildman–Crippen MR) is 50.2 cm³/mol. The molecule has 0 aromatic rings. The van der Waals surface area contributed by atoms with Gasteiger partial charge in [-0.15, -0.1) is 0 Å². The molecule has 0 saturated carbocycles. The van der Waals surface area contributed by atoms with Gasteiger partial charge in [-0.1, -0.05) is 13.8 Å². The van der Waals surface area contributed by atoms with Gasteiger partial charge in [-0.25, -0.2) is 0 Å². The molecule has 0 radical (unpaired) electrons. The first-order valence-electron chi connectivity index (χ1n) is 4.81. The van der Waals surface area contributed by atoms with Gasteiger partial charge in [0.05, 0.1) is 6.61 Å². The molecular weight excluding hydrogens is 152 g/mol. The maximum Gasteiger partial charge on any atom is 0.0558 e. The van der Waals surface area contributed by atoms with Gasteiger partial charge in [-0.05, 0) is 5.92 Å². The number of hydrogen-bond acceptors (Lipinski definition) is 3. The molecule has 1 aliphatic rings. The predicted octanol–water partition coefficient (Wildman–Crippen LogP) is -0.0915. The second-order valence-corrected chi connectivity index (χ2v) is 3.78. The van der Waals surface area contributed by atoms with Crippen LogP contribution in [0.1, 0.15) is 13.8 Å². The third kappa shape index (κ3) is 2.44. The van der Waals surface area contributed by atoms with Crippen LogP contribution in [0.4, 0.5) is 0 Å². The van der Waals surface area contributed by atoms with Crippen LogP contribution >= 0.6 is 0 Å². The van der Waals surface area contributed by atoms with Crippen LogP contribution in [0, 0.1) is 5.92 Å². The van der Waals surface area contributed by atoms with Crippen molar-refractivity contribution in [1.82, 2.24) is 10.2 Å². The smallest absolute Gasteiger partial charge is 0.0558 e. The molecule has 1 heterocycles. The van der Waals surface area contributed by atoms with E-state index in [4.69, 9.17) is 5.11 Å². The van der Waals surface area contributed by atoms with Crippen molar-refractivity contribution in [3.63, 3.8) is 0 Å². The molecule has 1 saturated heterocycles. The Morgan fingerprint density at radius 1 is 1.58 bits per heavy atom. The minimum absolute atomic E-state index is 0.281. The number of nitrogens with zero attached hydrogens (tertiary/aromatic N) is 1. The summed E-state index contributed by atoms with van der Waals surface area (Å²) in [7, 11) is 0. The first kappa shape index (κ1) is 9.96. The Bertz CT molecular complexity index is 126. The van der Waals surface area contributed by atoms with E-state index >= 15 is 0 Å². The molecule has 0 amide bonds. The van der Waals surface area contributed by atoms with Gasteiger partial charge in [0.15, 0.2) is 0 Å². The standard InChI is InChI=1S/C9H20N2O/c1-8(2)9-7-10-3-4-11(9)5-6-12/h8-10,12H,3-7H2,1-2H3. The highest BCUT2D eigenvalue weighted by atomic mass is 16.3. The molecular formula is C9H20N2O. The van der Waals surface area contributed by atoms with Gasteiger partial charge < -0.3 is 10.4 Å². The summed E-state index contributed by atoms with van der Waals surface area (Å²) >= 11 is 0. The van der Waals surface area contributed by atoms with Crippen LogP contribution in [-0.4, -0.2) is 48.8 Å². The maximum absolute atomic E-state index is 8.86. The highest BCUT2D eigenvalue weighted by Crippen LogP contribution is 2.11. The number of rotatable bonds is 3. The van der Waals surface area contributed by atoms with Crippen LogP contribution in [-0.2, 0) is 0 Å². The minimum Gasteiger partial charge on any atom is -0.395 e. The lowest BCUT2D eigenvalue weighted by atomic mass is 10.0. The molecule has 0 spiro atoms. The second kappa shape index (κ2) is 4.80. The van der Waals surface area contributed by atoms with E-state index in [0.717, 1.165) is 26.2 Å². The third-order valence-corrected chi connectivity index (χ3v) is 2.56. The highest BCUT2D eigenvalue weighted by molar-refractivity contribution is 4.81. The molecule has 1 aliphatic heterocycles. The van der Waals surface area contributed by atoms with E-state index in [1.54, 1.807) is 0 Å². The summed E-state index contributed by atoms with van der Waals surface area (Å²) in [5.74, 6) is 0.671. The summed E-state index contributed by atoms with van der Waals surface area (Å²) < 4.78 is 0. The Labute approximate surface area is 74.8 Å². The Kier molecular flexibility index (Phi) is 3.98. The summed E-state index contributed by atoms with van der Waals surface area (Å²) in [6.45, 7) is 8.78. The van der Waals surface area contributed by atoms with Gasteiger partial charge in [0, 0.05) is 32.2 Å². The fourth-order valence-electron chi connectivity index (χ4n) is 1.83. The summed E-state index contributed by atoms with van der Waals surface area (Å²) in [6, 6.07) is 0.603. The number of aliphatic hydroxyl groups is 1. The van der Waals surface area contributed by atoms with Crippen molar-refractivity contribution in [3.8, 4) is 0 Å². The van der Waals surface area contributed by atoms with Gasteiger partial charge in [0.1, 0.15) is 0 Å². The SMILES string of the molecule is CC(C)C1CNCCN1CCO. The first-order chi connectivity index (χ1) is 5.75. The monoisotopic (exact) mass is 172 g/mol. The van der Waals surface area contributed by atoms with Crippen LogP contribution in [0.2, 0.25) is 0 Å². The van der Waals surface area contributed by atoms with Crippen molar-refractivity contribution in [3.05, 3.63) is 0 Å². The highest BCUT2D eigenvalue weighted by Gasteiger charge is 2.23. The van der Waals surface area contributed by atoms with Crippen LogP contribution in [0.5, 0.6) is 0 Å². The Morgan fingerprint density at radius 3 is 2.92 bits per heavy atom. The molecule has 1 rings (SSSR count). The van der Waals surface area contributed by atoms with E-state index in [1.165, 1.54) is 0 Å². The molecule has 1 atom stereocenters. The zero-order valence-corrected chi connectivity index (χ0v) is 8.08.